The van der Waals surface area contributed by atoms with E-state index in [1.807, 2.05) is 13.0 Å². The van der Waals surface area contributed by atoms with E-state index in [1.54, 1.807) is 31.3 Å². The van der Waals surface area contributed by atoms with Crippen LogP contribution in [0.4, 0.5) is 5.69 Å². The highest BCUT2D eigenvalue weighted by Crippen LogP contribution is 2.28. The Morgan fingerprint density at radius 2 is 1.79 bits per heavy atom. The smallest absolute Gasteiger partial charge is 0.340 e. The molecule has 7 nitrogen and oxygen atoms in total. The molecule has 0 fully saturated rings. The third-order valence-corrected chi connectivity index (χ3v) is 4.35. The quantitative estimate of drug-likeness (QED) is 0.535. The van der Waals surface area contributed by atoms with Crippen molar-refractivity contribution in [2.24, 2.45) is 0 Å². The van der Waals surface area contributed by atoms with Crippen LogP contribution in [0.2, 0.25) is 5.02 Å². The molecule has 0 bridgehead atoms. The van der Waals surface area contributed by atoms with E-state index in [0.29, 0.717) is 29.6 Å². The van der Waals surface area contributed by atoms with E-state index >= 15 is 0 Å². The van der Waals surface area contributed by atoms with Crippen molar-refractivity contribution in [1.29, 1.82) is 0 Å². The molecule has 0 saturated carbocycles. The Morgan fingerprint density at radius 3 is 2.39 bits per heavy atom. The van der Waals surface area contributed by atoms with E-state index in [4.69, 9.17) is 31.5 Å². The fraction of sp³-hybridized carbons (Fsp3) is 0.300. The summed E-state index contributed by atoms with van der Waals surface area (Å²) in [7, 11) is 3.10. The van der Waals surface area contributed by atoms with Crippen molar-refractivity contribution < 1.29 is 23.8 Å². The SMILES string of the molecule is CCN(Cc1ccc(OC)c(OC)c1)C(=O)COC(=O)c1ccc(Cl)cc1N. The van der Waals surface area contributed by atoms with Crippen LogP contribution in [0, 0.1) is 0 Å². The fourth-order valence-electron chi connectivity index (χ4n) is 2.59. The monoisotopic (exact) mass is 406 g/mol. The Bertz CT molecular complexity index is 856. The minimum Gasteiger partial charge on any atom is -0.493 e. The van der Waals surface area contributed by atoms with Gasteiger partial charge in [-0.15, -0.1) is 0 Å². The zero-order valence-corrected chi connectivity index (χ0v) is 16.8. The molecular weight excluding hydrogens is 384 g/mol. The highest BCUT2D eigenvalue weighted by molar-refractivity contribution is 6.31. The van der Waals surface area contributed by atoms with Gasteiger partial charge in [-0.1, -0.05) is 17.7 Å². The average Bonchev–Trinajstić information content (AvgIpc) is 2.69. The summed E-state index contributed by atoms with van der Waals surface area (Å²) in [6.07, 6.45) is 0. The number of hydrogen-bond donors (Lipinski definition) is 1. The summed E-state index contributed by atoms with van der Waals surface area (Å²) < 4.78 is 15.6. The maximum atomic E-state index is 12.5. The molecule has 2 N–H and O–H groups in total. The lowest BCUT2D eigenvalue weighted by molar-refractivity contribution is -0.134. The molecule has 0 heterocycles. The molecule has 0 atom stereocenters. The summed E-state index contributed by atoms with van der Waals surface area (Å²) in [5.41, 5.74) is 6.99. The van der Waals surface area contributed by atoms with Crippen molar-refractivity contribution in [1.82, 2.24) is 4.90 Å². The number of nitrogens with two attached hydrogens (primary N) is 1. The topological polar surface area (TPSA) is 91.1 Å². The van der Waals surface area contributed by atoms with Gasteiger partial charge in [0.1, 0.15) is 0 Å². The number of anilines is 1. The highest BCUT2D eigenvalue weighted by atomic mass is 35.5. The van der Waals surface area contributed by atoms with Crippen LogP contribution < -0.4 is 15.2 Å². The van der Waals surface area contributed by atoms with Gasteiger partial charge < -0.3 is 24.8 Å². The van der Waals surface area contributed by atoms with Gasteiger partial charge in [-0.05, 0) is 42.8 Å². The van der Waals surface area contributed by atoms with Crippen LogP contribution in [0.3, 0.4) is 0 Å². The first-order valence-electron chi connectivity index (χ1n) is 8.60. The Hall–Kier alpha value is -2.93. The maximum Gasteiger partial charge on any atom is 0.340 e. The molecule has 0 radical (unpaired) electrons. The Kier molecular flexibility index (Phi) is 7.52. The zero-order valence-electron chi connectivity index (χ0n) is 16.0. The van der Waals surface area contributed by atoms with Crippen molar-refractivity contribution in [3.05, 3.63) is 52.5 Å². The molecule has 0 aromatic heterocycles. The molecule has 0 unspecified atom stereocenters. The van der Waals surface area contributed by atoms with Gasteiger partial charge in [0, 0.05) is 23.8 Å². The summed E-state index contributed by atoms with van der Waals surface area (Å²) in [5.74, 6) is 0.186. The molecule has 2 rings (SSSR count). The summed E-state index contributed by atoms with van der Waals surface area (Å²) in [5, 5.41) is 0.414. The molecule has 2 aromatic carbocycles. The van der Waals surface area contributed by atoms with E-state index in [2.05, 4.69) is 0 Å². The average molecular weight is 407 g/mol. The lowest BCUT2D eigenvalue weighted by Gasteiger charge is -2.21. The van der Waals surface area contributed by atoms with Gasteiger partial charge in [0.2, 0.25) is 0 Å². The zero-order chi connectivity index (χ0) is 20.7. The van der Waals surface area contributed by atoms with Crippen LogP contribution in [0.1, 0.15) is 22.8 Å². The largest absolute Gasteiger partial charge is 0.493 e. The molecule has 1 amide bonds. The molecule has 0 saturated heterocycles. The number of likely N-dealkylation sites (N-methyl/N-ethyl adjacent to an activating group) is 1. The predicted octanol–water partition coefficient (Wildman–Crippen LogP) is 3.14. The van der Waals surface area contributed by atoms with Gasteiger partial charge in [-0.3, -0.25) is 4.79 Å². The summed E-state index contributed by atoms with van der Waals surface area (Å²) in [6.45, 7) is 2.25. The van der Waals surface area contributed by atoms with E-state index < -0.39 is 5.97 Å². The van der Waals surface area contributed by atoms with E-state index in [9.17, 15) is 9.59 Å². The van der Waals surface area contributed by atoms with E-state index in [1.165, 1.54) is 18.2 Å². The van der Waals surface area contributed by atoms with Crippen molar-refractivity contribution >= 4 is 29.2 Å². The second kappa shape index (κ2) is 9.85. The van der Waals surface area contributed by atoms with Gasteiger partial charge in [0.05, 0.1) is 19.8 Å². The Labute approximate surface area is 168 Å². The van der Waals surface area contributed by atoms with Crippen molar-refractivity contribution in [3.63, 3.8) is 0 Å². The number of rotatable bonds is 8. The number of carbonyl (C=O) groups excluding carboxylic acids is 2. The van der Waals surface area contributed by atoms with Gasteiger partial charge in [0.15, 0.2) is 18.1 Å². The third-order valence-electron chi connectivity index (χ3n) is 4.12. The number of methoxy groups -OCH3 is 2. The fourth-order valence-corrected chi connectivity index (χ4v) is 2.77. The number of nitrogens with zero attached hydrogens (tertiary/aromatic N) is 1. The molecule has 2 aromatic rings. The molecule has 0 aliphatic heterocycles. The predicted molar refractivity (Wildman–Crippen MR) is 107 cm³/mol. The number of hydrogen-bond acceptors (Lipinski definition) is 6. The van der Waals surface area contributed by atoms with Gasteiger partial charge in [-0.2, -0.15) is 0 Å². The Morgan fingerprint density at radius 1 is 1.07 bits per heavy atom. The Balaban J connectivity index is 2.00. The first-order chi connectivity index (χ1) is 13.4. The lowest BCUT2D eigenvalue weighted by atomic mass is 10.2. The van der Waals surface area contributed by atoms with Crippen molar-refractivity contribution in [3.8, 4) is 11.5 Å². The standard InChI is InChI=1S/C20H23ClN2O5/c1-4-23(11-13-5-8-17(26-2)18(9-13)27-3)19(24)12-28-20(25)15-7-6-14(21)10-16(15)22/h5-10H,4,11-12,22H2,1-3H3. The number of halogens is 1. The minimum atomic E-state index is -0.676. The minimum absolute atomic E-state index is 0.167. The second-order valence-corrected chi connectivity index (χ2v) is 6.34. The molecule has 0 spiro atoms. The van der Waals surface area contributed by atoms with E-state index in [-0.39, 0.29) is 23.8 Å². The van der Waals surface area contributed by atoms with Crippen molar-refractivity contribution in [2.45, 2.75) is 13.5 Å². The third kappa shape index (κ3) is 5.29. The van der Waals surface area contributed by atoms with Crippen molar-refractivity contribution in [2.75, 3.05) is 33.1 Å². The first-order valence-corrected chi connectivity index (χ1v) is 8.98. The van der Waals surface area contributed by atoms with Crippen LogP contribution in [0.25, 0.3) is 0 Å². The highest BCUT2D eigenvalue weighted by Gasteiger charge is 2.18. The summed E-state index contributed by atoms with van der Waals surface area (Å²) in [6, 6.07) is 9.87. The van der Waals surface area contributed by atoms with Crippen LogP contribution in [0.15, 0.2) is 36.4 Å². The number of carbonyl (C=O) groups is 2. The van der Waals surface area contributed by atoms with Gasteiger partial charge >= 0.3 is 5.97 Å². The van der Waals surface area contributed by atoms with Crippen LogP contribution in [-0.4, -0.2) is 44.1 Å². The van der Waals surface area contributed by atoms with Crippen LogP contribution in [0.5, 0.6) is 11.5 Å². The second-order valence-electron chi connectivity index (χ2n) is 5.90. The lowest BCUT2D eigenvalue weighted by Crippen LogP contribution is -2.34. The molecule has 0 aliphatic carbocycles. The van der Waals surface area contributed by atoms with Gasteiger partial charge in [0.25, 0.3) is 5.91 Å². The number of amides is 1. The molecule has 150 valence electrons. The number of esters is 1. The van der Waals surface area contributed by atoms with E-state index in [0.717, 1.165) is 5.56 Å². The maximum absolute atomic E-state index is 12.5. The number of benzene rings is 2. The first kappa shape index (κ1) is 21.4. The number of nitrogen functional groups attached to an aromatic ring is 1. The van der Waals surface area contributed by atoms with Crippen LogP contribution >= 0.6 is 11.6 Å². The molecule has 0 aliphatic rings. The number of ether oxygens (including phenoxy) is 3. The molecule has 8 heteroatoms. The summed E-state index contributed by atoms with van der Waals surface area (Å²) >= 11 is 5.82. The normalized spacial score (nSPS) is 10.3. The van der Waals surface area contributed by atoms with Gasteiger partial charge in [-0.25, -0.2) is 4.79 Å². The molecule has 28 heavy (non-hydrogen) atoms. The molecular formula is C20H23ClN2O5. The van der Waals surface area contributed by atoms with Crippen LogP contribution in [-0.2, 0) is 16.1 Å². The summed E-state index contributed by atoms with van der Waals surface area (Å²) in [4.78, 5) is 26.2.